The van der Waals surface area contributed by atoms with E-state index in [9.17, 15) is 9.18 Å². The van der Waals surface area contributed by atoms with E-state index < -0.39 is 11.6 Å². The number of esters is 1. The van der Waals surface area contributed by atoms with Gasteiger partial charge >= 0.3 is 5.97 Å². The van der Waals surface area contributed by atoms with E-state index in [1.54, 1.807) is 12.1 Å². The van der Waals surface area contributed by atoms with E-state index in [1.807, 2.05) is 54.6 Å². The lowest BCUT2D eigenvalue weighted by molar-refractivity contribution is -0.220. The molecule has 0 unspecified atom stereocenters. The summed E-state index contributed by atoms with van der Waals surface area (Å²) in [5, 5.41) is 0. The second-order valence-corrected chi connectivity index (χ2v) is 7.35. The molecule has 6 heteroatoms. The van der Waals surface area contributed by atoms with Gasteiger partial charge in [-0.25, -0.2) is 9.18 Å². The van der Waals surface area contributed by atoms with Crippen LogP contribution in [0.1, 0.15) is 11.1 Å². The molecule has 0 aromatic heterocycles. The van der Waals surface area contributed by atoms with E-state index in [1.165, 1.54) is 13.2 Å². The van der Waals surface area contributed by atoms with E-state index in [-0.39, 0.29) is 12.4 Å². The van der Waals surface area contributed by atoms with Crippen LogP contribution in [0.5, 0.6) is 5.75 Å². The molecule has 1 aliphatic rings. The molecular weight excluding hydrogens is 399 g/mol. The van der Waals surface area contributed by atoms with Gasteiger partial charge in [-0.1, -0.05) is 48.5 Å². The minimum Gasteiger partial charge on any atom is -0.489 e. The highest BCUT2D eigenvalue weighted by atomic mass is 19.1. The van der Waals surface area contributed by atoms with Crippen molar-refractivity contribution in [1.82, 2.24) is 0 Å². The molecule has 160 valence electrons. The van der Waals surface area contributed by atoms with Gasteiger partial charge in [-0.3, -0.25) is 0 Å². The van der Waals surface area contributed by atoms with Crippen molar-refractivity contribution < 1.29 is 28.1 Å². The summed E-state index contributed by atoms with van der Waals surface area (Å²) in [4.78, 5) is 11.4. The lowest BCUT2D eigenvalue weighted by atomic mass is 9.91. The molecule has 3 aromatic carbocycles. The van der Waals surface area contributed by atoms with Crippen molar-refractivity contribution in [2.24, 2.45) is 0 Å². The van der Waals surface area contributed by atoms with Gasteiger partial charge in [0.25, 0.3) is 0 Å². The van der Waals surface area contributed by atoms with Gasteiger partial charge in [-0.2, -0.15) is 0 Å². The van der Waals surface area contributed by atoms with Crippen LogP contribution >= 0.6 is 0 Å². The van der Waals surface area contributed by atoms with Gasteiger partial charge in [0.2, 0.25) is 0 Å². The summed E-state index contributed by atoms with van der Waals surface area (Å²) in [6.07, 6.45) is 0. The number of ether oxygens (including phenoxy) is 4. The van der Waals surface area contributed by atoms with Crippen molar-refractivity contribution >= 4 is 5.97 Å². The molecule has 0 bridgehead atoms. The Morgan fingerprint density at radius 2 is 1.81 bits per heavy atom. The topological polar surface area (TPSA) is 54.0 Å². The third-order valence-corrected chi connectivity index (χ3v) is 5.26. The Balaban J connectivity index is 1.40. The first-order valence-corrected chi connectivity index (χ1v) is 9.95. The Morgan fingerprint density at radius 1 is 1.03 bits per heavy atom. The molecule has 1 fully saturated rings. The van der Waals surface area contributed by atoms with E-state index in [0.29, 0.717) is 31.1 Å². The van der Waals surface area contributed by atoms with Crippen LogP contribution < -0.4 is 4.74 Å². The zero-order valence-electron chi connectivity index (χ0n) is 17.2. The fourth-order valence-electron chi connectivity index (χ4n) is 3.42. The maximum atomic E-state index is 14.1. The smallest absolute Gasteiger partial charge is 0.331 e. The van der Waals surface area contributed by atoms with Crippen LogP contribution in [0.4, 0.5) is 4.39 Å². The zero-order valence-corrected chi connectivity index (χ0v) is 17.2. The molecule has 0 radical (unpaired) electrons. The summed E-state index contributed by atoms with van der Waals surface area (Å²) in [6, 6.07) is 21.9. The minimum absolute atomic E-state index is 0.129. The highest BCUT2D eigenvalue weighted by molar-refractivity contribution is 5.70. The maximum Gasteiger partial charge on any atom is 0.331 e. The average Bonchev–Trinajstić information content (AvgIpc) is 2.78. The average molecular weight is 422 g/mol. The molecule has 1 heterocycles. The van der Waals surface area contributed by atoms with Crippen molar-refractivity contribution in [2.75, 3.05) is 26.9 Å². The second-order valence-electron chi connectivity index (χ2n) is 7.35. The molecule has 0 saturated carbocycles. The normalized spacial score (nSPS) is 14.5. The van der Waals surface area contributed by atoms with Crippen LogP contribution in [0.2, 0.25) is 0 Å². The van der Waals surface area contributed by atoms with Gasteiger partial charge in [-0.05, 0) is 41.0 Å². The van der Waals surface area contributed by atoms with E-state index in [4.69, 9.17) is 14.2 Å². The van der Waals surface area contributed by atoms with Crippen molar-refractivity contribution in [3.63, 3.8) is 0 Å². The molecule has 0 aliphatic carbocycles. The Morgan fingerprint density at radius 3 is 2.48 bits per heavy atom. The molecule has 0 N–H and O–H groups in total. The monoisotopic (exact) mass is 422 g/mol. The number of rotatable bonds is 8. The molecule has 3 aromatic rings. The molecule has 31 heavy (non-hydrogen) atoms. The summed E-state index contributed by atoms with van der Waals surface area (Å²) < 4.78 is 35.7. The lowest BCUT2D eigenvalue weighted by Gasteiger charge is -2.41. The minimum atomic E-state index is -0.638. The number of carbonyl (C=O) groups excluding carboxylic acids is 1. The third-order valence-electron chi connectivity index (χ3n) is 5.26. The van der Waals surface area contributed by atoms with Gasteiger partial charge in [0, 0.05) is 5.56 Å². The van der Waals surface area contributed by atoms with Crippen LogP contribution in [0.3, 0.4) is 0 Å². The van der Waals surface area contributed by atoms with Crippen LogP contribution in [0.15, 0.2) is 72.8 Å². The van der Waals surface area contributed by atoms with Crippen LogP contribution in [-0.4, -0.2) is 32.9 Å². The quantitative estimate of drug-likeness (QED) is 0.501. The summed E-state index contributed by atoms with van der Waals surface area (Å²) in [5.74, 6) is 0.0201. The van der Waals surface area contributed by atoms with E-state index in [0.717, 1.165) is 16.7 Å². The highest BCUT2D eigenvalue weighted by Gasteiger charge is 2.42. The molecule has 0 atom stereocenters. The first-order valence-electron chi connectivity index (χ1n) is 9.95. The first-order chi connectivity index (χ1) is 15.1. The molecule has 5 nitrogen and oxygen atoms in total. The standard InChI is InChI=1S/C25H23FO5/c1-28-24(27)15-31-25(16-29-17-25)20-9-11-21(12-10-20)30-14-18-5-4-6-19(13-18)22-7-2-3-8-23(22)26/h2-13H,14-17H2,1H3. The molecule has 4 rings (SSSR count). The Hall–Kier alpha value is -3.22. The molecule has 0 amide bonds. The largest absolute Gasteiger partial charge is 0.489 e. The van der Waals surface area contributed by atoms with Crippen molar-refractivity contribution in [3.05, 3.63) is 89.7 Å². The summed E-state index contributed by atoms with van der Waals surface area (Å²) in [7, 11) is 1.33. The predicted octanol–water partition coefficient (Wildman–Crippen LogP) is 4.49. The first kappa shape index (κ1) is 21.0. The van der Waals surface area contributed by atoms with Crippen LogP contribution in [0.25, 0.3) is 11.1 Å². The van der Waals surface area contributed by atoms with Gasteiger partial charge in [0.15, 0.2) is 0 Å². The summed E-state index contributed by atoms with van der Waals surface area (Å²) >= 11 is 0. The number of methoxy groups -OCH3 is 1. The second kappa shape index (κ2) is 9.29. The molecule has 0 spiro atoms. The molecule has 1 aliphatic heterocycles. The van der Waals surface area contributed by atoms with Gasteiger partial charge in [0.05, 0.1) is 20.3 Å². The van der Waals surface area contributed by atoms with Crippen molar-refractivity contribution in [3.8, 4) is 16.9 Å². The predicted molar refractivity (Wildman–Crippen MR) is 113 cm³/mol. The van der Waals surface area contributed by atoms with E-state index in [2.05, 4.69) is 4.74 Å². The third kappa shape index (κ3) is 4.76. The Bertz CT molecular complexity index is 1040. The van der Waals surface area contributed by atoms with E-state index >= 15 is 0 Å². The van der Waals surface area contributed by atoms with Gasteiger partial charge in [0.1, 0.15) is 30.4 Å². The van der Waals surface area contributed by atoms with Gasteiger partial charge in [-0.15, -0.1) is 0 Å². The SMILES string of the molecule is COC(=O)COC1(c2ccc(OCc3cccc(-c4ccccc4F)c3)cc2)COC1. The Labute approximate surface area is 180 Å². The lowest BCUT2D eigenvalue weighted by Crippen LogP contribution is -2.49. The van der Waals surface area contributed by atoms with Crippen LogP contribution in [-0.2, 0) is 31.2 Å². The number of hydrogen-bond acceptors (Lipinski definition) is 5. The summed E-state index contributed by atoms with van der Waals surface area (Å²) in [5.41, 5.74) is 2.59. The number of halogens is 1. The fourth-order valence-corrected chi connectivity index (χ4v) is 3.42. The van der Waals surface area contributed by atoms with Gasteiger partial charge < -0.3 is 18.9 Å². The van der Waals surface area contributed by atoms with Crippen molar-refractivity contribution in [1.29, 1.82) is 0 Å². The molecular formula is C25H23FO5. The fraction of sp³-hybridized carbons (Fsp3) is 0.240. The summed E-state index contributed by atoms with van der Waals surface area (Å²) in [6.45, 7) is 0.991. The van der Waals surface area contributed by atoms with Crippen molar-refractivity contribution in [2.45, 2.75) is 12.2 Å². The number of benzene rings is 3. The molecule has 1 saturated heterocycles. The Kier molecular flexibility index (Phi) is 6.30. The zero-order chi connectivity index (χ0) is 21.7. The number of carbonyl (C=O) groups is 1. The highest BCUT2D eigenvalue weighted by Crippen LogP contribution is 2.34. The number of hydrogen-bond donors (Lipinski definition) is 0. The van der Waals surface area contributed by atoms with Crippen LogP contribution in [0, 0.1) is 5.82 Å². The maximum absolute atomic E-state index is 14.1.